The van der Waals surface area contributed by atoms with Gasteiger partial charge in [0.2, 0.25) is 5.91 Å². The van der Waals surface area contributed by atoms with Gasteiger partial charge in [0.1, 0.15) is 6.04 Å². The number of aliphatic carboxylic acids is 1. The van der Waals surface area contributed by atoms with Crippen LogP contribution in [-0.4, -0.2) is 46.9 Å². The van der Waals surface area contributed by atoms with Crippen molar-refractivity contribution in [1.82, 2.24) is 10.2 Å². The monoisotopic (exact) mass is 390 g/mol. The fourth-order valence-electron chi connectivity index (χ4n) is 2.70. The molecule has 2 amide bonds. The van der Waals surface area contributed by atoms with Crippen molar-refractivity contribution in [1.29, 1.82) is 0 Å². The predicted octanol–water partition coefficient (Wildman–Crippen LogP) is 3.17. The Morgan fingerprint density at radius 1 is 1.19 bits per heavy atom. The summed E-state index contributed by atoms with van der Waals surface area (Å²) in [6.45, 7) is 3.20. The molecule has 0 radical (unpaired) electrons. The first-order valence-corrected chi connectivity index (χ1v) is 9.71. The second-order valence-corrected chi connectivity index (χ2v) is 8.03. The zero-order chi connectivity index (χ0) is 18.8. The van der Waals surface area contributed by atoms with E-state index in [-0.39, 0.29) is 24.9 Å². The van der Waals surface area contributed by atoms with Crippen LogP contribution in [0.2, 0.25) is 0 Å². The lowest BCUT2D eigenvalue weighted by Gasteiger charge is -2.26. The number of carboxylic acid groups (broad SMARTS) is 1. The summed E-state index contributed by atoms with van der Waals surface area (Å²) in [5.41, 5.74) is 0. The molecular formula is C18H18N2O4S2. The molecule has 2 aromatic heterocycles. The minimum absolute atomic E-state index is 0.137. The van der Waals surface area contributed by atoms with Crippen LogP contribution >= 0.6 is 22.7 Å². The SMILES string of the molecule is CC(=O)NCCN(C(=O)c1cc2sc3ccccc3c2s1)C(C)C(=O)O. The van der Waals surface area contributed by atoms with E-state index in [1.807, 2.05) is 30.3 Å². The van der Waals surface area contributed by atoms with Crippen molar-refractivity contribution in [2.45, 2.75) is 19.9 Å². The fourth-order valence-corrected chi connectivity index (χ4v) is 5.18. The van der Waals surface area contributed by atoms with E-state index in [0.717, 1.165) is 19.5 Å². The summed E-state index contributed by atoms with van der Waals surface area (Å²) in [4.78, 5) is 37.2. The number of nitrogens with one attached hydrogen (secondary N) is 1. The van der Waals surface area contributed by atoms with E-state index in [1.54, 1.807) is 11.3 Å². The number of rotatable bonds is 6. The molecular weight excluding hydrogens is 372 g/mol. The van der Waals surface area contributed by atoms with Gasteiger partial charge in [-0.2, -0.15) is 0 Å². The van der Waals surface area contributed by atoms with Gasteiger partial charge in [0.25, 0.3) is 5.91 Å². The molecule has 6 nitrogen and oxygen atoms in total. The lowest BCUT2D eigenvalue weighted by Crippen LogP contribution is -2.46. The molecule has 0 saturated carbocycles. The predicted molar refractivity (Wildman–Crippen MR) is 104 cm³/mol. The zero-order valence-corrected chi connectivity index (χ0v) is 15.9. The Morgan fingerprint density at radius 3 is 2.62 bits per heavy atom. The molecule has 0 spiro atoms. The lowest BCUT2D eigenvalue weighted by molar-refractivity contribution is -0.141. The third kappa shape index (κ3) is 3.56. The van der Waals surface area contributed by atoms with Gasteiger partial charge in [-0.3, -0.25) is 9.59 Å². The first kappa shape index (κ1) is 18.3. The number of amides is 2. The van der Waals surface area contributed by atoms with Crippen molar-refractivity contribution in [2.75, 3.05) is 13.1 Å². The molecule has 136 valence electrons. The van der Waals surface area contributed by atoms with Crippen molar-refractivity contribution in [3.05, 3.63) is 35.2 Å². The summed E-state index contributed by atoms with van der Waals surface area (Å²) in [6.07, 6.45) is 0. The van der Waals surface area contributed by atoms with Gasteiger partial charge in [0.05, 0.1) is 9.58 Å². The highest BCUT2D eigenvalue weighted by molar-refractivity contribution is 7.33. The van der Waals surface area contributed by atoms with Crippen LogP contribution in [0.1, 0.15) is 23.5 Å². The quantitative estimate of drug-likeness (QED) is 0.677. The number of benzene rings is 1. The van der Waals surface area contributed by atoms with E-state index < -0.39 is 12.0 Å². The second kappa shape index (κ2) is 7.43. The van der Waals surface area contributed by atoms with Gasteiger partial charge < -0.3 is 15.3 Å². The number of carbonyl (C=O) groups is 3. The average Bonchev–Trinajstić information content (AvgIpc) is 3.15. The van der Waals surface area contributed by atoms with Gasteiger partial charge in [-0.15, -0.1) is 22.7 Å². The summed E-state index contributed by atoms with van der Waals surface area (Å²) in [6, 6.07) is 8.85. The smallest absolute Gasteiger partial charge is 0.326 e. The normalized spacial score (nSPS) is 12.2. The maximum Gasteiger partial charge on any atom is 0.326 e. The molecule has 0 aliphatic carbocycles. The van der Waals surface area contributed by atoms with Crippen LogP contribution in [0.4, 0.5) is 0 Å². The van der Waals surface area contributed by atoms with Crippen LogP contribution < -0.4 is 5.32 Å². The van der Waals surface area contributed by atoms with Gasteiger partial charge in [0, 0.05) is 34.8 Å². The van der Waals surface area contributed by atoms with Gasteiger partial charge in [-0.25, -0.2) is 4.79 Å². The summed E-state index contributed by atoms with van der Waals surface area (Å²) in [5.74, 6) is -1.63. The molecule has 8 heteroatoms. The maximum atomic E-state index is 12.9. The van der Waals surface area contributed by atoms with Gasteiger partial charge >= 0.3 is 5.97 Å². The molecule has 1 atom stereocenters. The number of thiophene rings is 2. The Morgan fingerprint density at radius 2 is 1.92 bits per heavy atom. The largest absolute Gasteiger partial charge is 0.480 e. The van der Waals surface area contributed by atoms with E-state index in [9.17, 15) is 19.5 Å². The molecule has 0 bridgehead atoms. The first-order valence-electron chi connectivity index (χ1n) is 8.07. The van der Waals surface area contributed by atoms with Gasteiger partial charge in [-0.05, 0) is 19.1 Å². The molecule has 1 unspecified atom stereocenters. The molecule has 0 aliphatic heterocycles. The van der Waals surface area contributed by atoms with Crippen LogP contribution in [-0.2, 0) is 9.59 Å². The molecule has 3 rings (SSSR count). The zero-order valence-electron chi connectivity index (χ0n) is 14.3. The topological polar surface area (TPSA) is 86.7 Å². The number of hydrogen-bond donors (Lipinski definition) is 2. The molecule has 2 N–H and O–H groups in total. The standard InChI is InChI=1S/C18H18N2O4S2/c1-10(18(23)24)20(8-7-19-11(2)21)17(22)15-9-14-16(26-15)12-5-3-4-6-13(12)25-14/h3-6,9-10H,7-8H2,1-2H3,(H,19,21)(H,23,24). The maximum absolute atomic E-state index is 12.9. The van der Waals surface area contributed by atoms with Crippen molar-refractivity contribution in [3.63, 3.8) is 0 Å². The third-order valence-corrected chi connectivity index (χ3v) is 6.48. The summed E-state index contributed by atoms with van der Waals surface area (Å²) < 4.78 is 3.22. The Hall–Kier alpha value is -2.45. The molecule has 0 fully saturated rings. The van der Waals surface area contributed by atoms with Crippen LogP contribution in [0.15, 0.2) is 30.3 Å². The summed E-state index contributed by atoms with van der Waals surface area (Å²) in [7, 11) is 0. The lowest BCUT2D eigenvalue weighted by atomic mass is 10.2. The molecule has 1 aromatic carbocycles. The van der Waals surface area contributed by atoms with Gasteiger partial charge in [0.15, 0.2) is 0 Å². The second-order valence-electron chi connectivity index (χ2n) is 5.90. The van der Waals surface area contributed by atoms with Gasteiger partial charge in [-0.1, -0.05) is 18.2 Å². The van der Waals surface area contributed by atoms with Crippen LogP contribution in [0.25, 0.3) is 19.5 Å². The van der Waals surface area contributed by atoms with Crippen molar-refractivity contribution in [3.8, 4) is 0 Å². The summed E-state index contributed by atoms with van der Waals surface area (Å²) in [5, 5.41) is 13.0. The highest BCUT2D eigenvalue weighted by Gasteiger charge is 2.28. The molecule has 2 heterocycles. The van der Waals surface area contributed by atoms with E-state index in [0.29, 0.717) is 4.88 Å². The molecule has 26 heavy (non-hydrogen) atoms. The highest BCUT2D eigenvalue weighted by Crippen LogP contribution is 2.39. The van der Waals surface area contributed by atoms with E-state index >= 15 is 0 Å². The Bertz CT molecular complexity index is 992. The Balaban J connectivity index is 1.90. The van der Waals surface area contributed by atoms with Crippen LogP contribution in [0.5, 0.6) is 0 Å². The number of fused-ring (bicyclic) bond motifs is 3. The van der Waals surface area contributed by atoms with Crippen LogP contribution in [0.3, 0.4) is 0 Å². The minimum atomic E-state index is -1.08. The highest BCUT2D eigenvalue weighted by atomic mass is 32.1. The van der Waals surface area contributed by atoms with Crippen molar-refractivity contribution in [2.24, 2.45) is 0 Å². The van der Waals surface area contributed by atoms with Crippen molar-refractivity contribution < 1.29 is 19.5 Å². The Labute approximate surface area is 158 Å². The molecule has 0 saturated heterocycles. The van der Waals surface area contributed by atoms with E-state index in [2.05, 4.69) is 5.32 Å². The first-order chi connectivity index (χ1) is 12.4. The van der Waals surface area contributed by atoms with E-state index in [1.165, 1.54) is 30.1 Å². The number of carbonyl (C=O) groups excluding carboxylic acids is 2. The third-order valence-electron chi connectivity index (χ3n) is 4.07. The number of nitrogens with zero attached hydrogens (tertiary/aromatic N) is 1. The average molecular weight is 390 g/mol. The minimum Gasteiger partial charge on any atom is -0.480 e. The van der Waals surface area contributed by atoms with Crippen LogP contribution in [0, 0.1) is 0 Å². The summed E-state index contributed by atoms with van der Waals surface area (Å²) >= 11 is 2.99. The fraction of sp³-hybridized carbons (Fsp3) is 0.278. The van der Waals surface area contributed by atoms with E-state index in [4.69, 9.17) is 0 Å². The van der Waals surface area contributed by atoms with Crippen molar-refractivity contribution >= 4 is 59.9 Å². The number of hydrogen-bond acceptors (Lipinski definition) is 5. The number of carboxylic acids is 1. The molecule has 3 aromatic rings. The molecule has 0 aliphatic rings. The Kier molecular flexibility index (Phi) is 5.24.